The van der Waals surface area contributed by atoms with Crippen LogP contribution in [0.3, 0.4) is 0 Å². The summed E-state index contributed by atoms with van der Waals surface area (Å²) in [5.41, 5.74) is 5.10. The highest BCUT2D eigenvalue weighted by Gasteiger charge is 2.41. The lowest BCUT2D eigenvalue weighted by Crippen LogP contribution is -2.50. The monoisotopic (exact) mass is 440 g/mol. The summed E-state index contributed by atoms with van der Waals surface area (Å²) in [4.78, 5) is 24.7. The summed E-state index contributed by atoms with van der Waals surface area (Å²) >= 11 is 0. The molecule has 0 unspecified atom stereocenters. The average molecular weight is 441 g/mol. The van der Waals surface area contributed by atoms with Crippen LogP contribution < -0.4 is 5.32 Å². The van der Waals surface area contributed by atoms with Crippen LogP contribution >= 0.6 is 0 Å². The lowest BCUT2D eigenvalue weighted by atomic mass is 9.72. The number of carbonyl (C=O) groups excluding carboxylic acids is 1. The fourth-order valence-corrected chi connectivity index (χ4v) is 4.68. The SMILES string of the molecule is C=CCNC(=O)C1(Cc2cccc(-c3cccnc3)c2)CCN(Cc2cccc(C)n2)CC1. The first-order chi connectivity index (χ1) is 16.1. The lowest BCUT2D eigenvalue weighted by molar-refractivity contribution is -0.133. The molecule has 5 nitrogen and oxygen atoms in total. The predicted molar refractivity (Wildman–Crippen MR) is 133 cm³/mol. The molecule has 0 bridgehead atoms. The molecule has 170 valence electrons. The molecule has 1 fully saturated rings. The Bertz CT molecular complexity index is 1090. The third-order valence-corrected chi connectivity index (χ3v) is 6.50. The molecule has 3 heterocycles. The van der Waals surface area contributed by atoms with E-state index < -0.39 is 5.41 Å². The highest BCUT2D eigenvalue weighted by atomic mass is 16.2. The van der Waals surface area contributed by atoms with E-state index in [-0.39, 0.29) is 5.91 Å². The molecule has 1 N–H and O–H groups in total. The number of aromatic nitrogens is 2. The zero-order valence-electron chi connectivity index (χ0n) is 19.3. The van der Waals surface area contributed by atoms with Crippen LogP contribution in [0.5, 0.6) is 0 Å². The van der Waals surface area contributed by atoms with E-state index in [0.717, 1.165) is 61.4 Å². The van der Waals surface area contributed by atoms with Crippen molar-refractivity contribution in [1.82, 2.24) is 20.2 Å². The van der Waals surface area contributed by atoms with Crippen LogP contribution in [0.15, 0.2) is 79.6 Å². The van der Waals surface area contributed by atoms with Crippen LogP contribution in [0.1, 0.15) is 29.8 Å². The second-order valence-electron chi connectivity index (χ2n) is 8.94. The maximum Gasteiger partial charge on any atom is 0.226 e. The van der Waals surface area contributed by atoms with E-state index in [0.29, 0.717) is 6.54 Å². The molecule has 33 heavy (non-hydrogen) atoms. The van der Waals surface area contributed by atoms with Crippen LogP contribution in [-0.2, 0) is 17.8 Å². The molecule has 1 amide bonds. The van der Waals surface area contributed by atoms with Gasteiger partial charge in [-0.05, 0) is 74.2 Å². The van der Waals surface area contributed by atoms with Gasteiger partial charge in [-0.3, -0.25) is 19.7 Å². The summed E-state index contributed by atoms with van der Waals surface area (Å²) < 4.78 is 0. The Hall–Kier alpha value is -3.31. The van der Waals surface area contributed by atoms with Crippen molar-refractivity contribution in [3.63, 3.8) is 0 Å². The van der Waals surface area contributed by atoms with Gasteiger partial charge in [-0.2, -0.15) is 0 Å². The van der Waals surface area contributed by atoms with E-state index in [4.69, 9.17) is 0 Å². The first-order valence-corrected chi connectivity index (χ1v) is 11.6. The Kier molecular flexibility index (Phi) is 7.30. The summed E-state index contributed by atoms with van der Waals surface area (Å²) in [7, 11) is 0. The molecule has 2 aromatic heterocycles. The Morgan fingerprint density at radius 2 is 1.91 bits per heavy atom. The molecule has 5 heteroatoms. The number of benzene rings is 1. The maximum absolute atomic E-state index is 13.3. The van der Waals surface area contributed by atoms with Gasteiger partial charge >= 0.3 is 0 Å². The molecule has 1 saturated heterocycles. The molecule has 0 saturated carbocycles. The summed E-state index contributed by atoms with van der Waals surface area (Å²) in [5.74, 6) is 0.127. The third-order valence-electron chi connectivity index (χ3n) is 6.50. The molecule has 1 aromatic carbocycles. The second kappa shape index (κ2) is 10.5. The molecule has 1 aliphatic rings. The Morgan fingerprint density at radius 3 is 2.64 bits per heavy atom. The van der Waals surface area contributed by atoms with Crippen molar-refractivity contribution in [2.24, 2.45) is 5.41 Å². The normalized spacial score (nSPS) is 15.7. The number of amides is 1. The maximum atomic E-state index is 13.3. The number of piperidine rings is 1. The van der Waals surface area contributed by atoms with Crippen LogP contribution in [0, 0.1) is 12.3 Å². The van der Waals surface area contributed by atoms with Gasteiger partial charge in [0.15, 0.2) is 0 Å². The molecule has 0 spiro atoms. The number of hydrogen-bond donors (Lipinski definition) is 1. The minimum absolute atomic E-state index is 0.127. The number of pyridine rings is 2. The van der Waals surface area contributed by atoms with Crippen molar-refractivity contribution in [3.8, 4) is 11.1 Å². The molecule has 3 aromatic rings. The molecule has 0 aliphatic carbocycles. The standard InChI is InChI=1S/C28H32N4O/c1-3-14-30-27(33)28(12-16-32(17-13-28)21-26-11-4-7-22(2)31-26)19-23-8-5-9-24(18-23)25-10-6-15-29-20-25/h3-11,15,18,20H,1,12-14,16-17,19,21H2,2H3,(H,30,33). The van der Waals surface area contributed by atoms with Gasteiger partial charge in [-0.15, -0.1) is 6.58 Å². The third kappa shape index (κ3) is 5.74. The summed E-state index contributed by atoms with van der Waals surface area (Å²) in [6.45, 7) is 8.85. The largest absolute Gasteiger partial charge is 0.352 e. The number of carbonyl (C=O) groups is 1. The van der Waals surface area contributed by atoms with Gasteiger partial charge in [0.2, 0.25) is 5.91 Å². The number of nitrogens with zero attached hydrogens (tertiary/aromatic N) is 3. The van der Waals surface area contributed by atoms with Crippen molar-refractivity contribution in [1.29, 1.82) is 0 Å². The quantitative estimate of drug-likeness (QED) is 0.521. The van der Waals surface area contributed by atoms with Crippen LogP contribution in [0.25, 0.3) is 11.1 Å². The minimum Gasteiger partial charge on any atom is -0.352 e. The van der Waals surface area contributed by atoms with Crippen molar-refractivity contribution in [2.75, 3.05) is 19.6 Å². The van der Waals surface area contributed by atoms with Crippen molar-refractivity contribution in [2.45, 2.75) is 32.7 Å². The average Bonchev–Trinajstić information content (AvgIpc) is 2.84. The lowest BCUT2D eigenvalue weighted by Gasteiger charge is -2.41. The Labute approximate surface area is 196 Å². The molecule has 1 aliphatic heterocycles. The first kappa shape index (κ1) is 22.9. The molecule has 0 radical (unpaired) electrons. The fourth-order valence-electron chi connectivity index (χ4n) is 4.68. The number of nitrogens with one attached hydrogen (secondary N) is 1. The highest BCUT2D eigenvalue weighted by molar-refractivity contribution is 5.83. The zero-order chi connectivity index (χ0) is 23.1. The summed E-state index contributed by atoms with van der Waals surface area (Å²) in [5, 5.41) is 3.08. The Morgan fingerprint density at radius 1 is 1.12 bits per heavy atom. The van der Waals surface area contributed by atoms with Crippen LogP contribution in [-0.4, -0.2) is 40.4 Å². The van der Waals surface area contributed by atoms with Gasteiger partial charge in [-0.25, -0.2) is 0 Å². The molecule has 4 rings (SSSR count). The predicted octanol–water partition coefficient (Wildman–Crippen LogP) is 4.58. The number of likely N-dealkylation sites (tertiary alicyclic amines) is 1. The second-order valence-corrected chi connectivity index (χ2v) is 8.94. The van der Waals surface area contributed by atoms with Crippen molar-refractivity contribution >= 4 is 5.91 Å². The van der Waals surface area contributed by atoms with Crippen molar-refractivity contribution < 1.29 is 4.79 Å². The zero-order valence-corrected chi connectivity index (χ0v) is 19.3. The van der Waals surface area contributed by atoms with E-state index in [9.17, 15) is 4.79 Å². The number of aryl methyl sites for hydroxylation is 1. The Balaban J connectivity index is 1.51. The van der Waals surface area contributed by atoms with E-state index in [1.54, 1.807) is 12.3 Å². The van der Waals surface area contributed by atoms with Crippen molar-refractivity contribution in [3.05, 3.63) is 96.6 Å². The summed E-state index contributed by atoms with van der Waals surface area (Å²) in [6, 6.07) is 18.7. The van der Waals surface area contributed by atoms with Gasteiger partial charge in [0, 0.05) is 31.2 Å². The van der Waals surface area contributed by atoms with E-state index in [1.807, 2.05) is 25.3 Å². The van der Waals surface area contributed by atoms with Crippen LogP contribution in [0.4, 0.5) is 0 Å². The summed E-state index contributed by atoms with van der Waals surface area (Å²) in [6.07, 6.45) is 7.77. The van der Waals surface area contributed by atoms with Gasteiger partial charge in [0.25, 0.3) is 0 Å². The van der Waals surface area contributed by atoms with E-state index in [1.165, 1.54) is 5.56 Å². The number of rotatable bonds is 8. The fraction of sp³-hybridized carbons (Fsp3) is 0.321. The topological polar surface area (TPSA) is 58.1 Å². The van der Waals surface area contributed by atoms with Crippen LogP contribution in [0.2, 0.25) is 0 Å². The smallest absolute Gasteiger partial charge is 0.226 e. The molecular formula is C28H32N4O. The van der Waals surface area contributed by atoms with Gasteiger partial charge in [0.1, 0.15) is 0 Å². The number of hydrogen-bond acceptors (Lipinski definition) is 4. The minimum atomic E-state index is -0.424. The molecule has 0 atom stereocenters. The first-order valence-electron chi connectivity index (χ1n) is 11.6. The van der Waals surface area contributed by atoms with Gasteiger partial charge in [-0.1, -0.05) is 42.5 Å². The van der Waals surface area contributed by atoms with E-state index in [2.05, 4.69) is 69.2 Å². The molecular weight excluding hydrogens is 408 g/mol. The van der Waals surface area contributed by atoms with Gasteiger partial charge in [0.05, 0.1) is 11.1 Å². The van der Waals surface area contributed by atoms with E-state index >= 15 is 0 Å². The highest BCUT2D eigenvalue weighted by Crippen LogP contribution is 2.37. The van der Waals surface area contributed by atoms with Gasteiger partial charge < -0.3 is 5.32 Å².